The lowest BCUT2D eigenvalue weighted by atomic mass is 9.95. The number of benzene rings is 8. The van der Waals surface area contributed by atoms with Gasteiger partial charge in [-0.2, -0.15) is 0 Å². The highest BCUT2D eigenvalue weighted by Gasteiger charge is 2.25. The summed E-state index contributed by atoms with van der Waals surface area (Å²) in [6.45, 7) is 0. The maximum absolute atomic E-state index is 6.58. The van der Waals surface area contributed by atoms with E-state index in [4.69, 9.17) is 18.8 Å². The van der Waals surface area contributed by atoms with Gasteiger partial charge in [0.1, 0.15) is 34.3 Å². The molecule has 11 rings (SSSR count). The summed E-state index contributed by atoms with van der Waals surface area (Å²) in [6, 6.07) is 61.0. The molecule has 3 heterocycles. The van der Waals surface area contributed by atoms with Crippen molar-refractivity contribution in [1.29, 1.82) is 0 Å². The molecule has 0 spiro atoms. The summed E-state index contributed by atoms with van der Waals surface area (Å²) in [5, 5.41) is 10.3. The smallest absolute Gasteiger partial charge is 0.159 e. The molecule has 0 bridgehead atoms. The number of furan rings is 2. The van der Waals surface area contributed by atoms with Gasteiger partial charge in [0.25, 0.3) is 0 Å². The molecule has 5 nitrogen and oxygen atoms in total. The third-order valence-corrected chi connectivity index (χ3v) is 10.5. The number of rotatable bonds is 5. The Morgan fingerprint density at radius 1 is 0.426 bits per heavy atom. The number of aliphatic imine (C=N–C) groups is 2. The molecule has 1 unspecified atom stereocenters. The first-order valence-corrected chi connectivity index (χ1v) is 18.2. The lowest BCUT2D eigenvalue weighted by Gasteiger charge is -2.24. The zero-order chi connectivity index (χ0) is 35.6. The Morgan fingerprint density at radius 2 is 1.02 bits per heavy atom. The Bertz CT molecular complexity index is 3120. The van der Waals surface area contributed by atoms with Gasteiger partial charge in [-0.1, -0.05) is 140 Å². The van der Waals surface area contributed by atoms with Crippen LogP contribution in [0.2, 0.25) is 0 Å². The van der Waals surface area contributed by atoms with E-state index in [1.54, 1.807) is 0 Å². The van der Waals surface area contributed by atoms with Gasteiger partial charge in [0, 0.05) is 32.7 Å². The molecule has 0 aliphatic carbocycles. The monoisotopic (exact) mass is 693 g/mol. The minimum Gasteiger partial charge on any atom is -0.456 e. The molecule has 0 amide bonds. The topological polar surface area (TPSA) is 63.0 Å². The number of fused-ring (bicyclic) bond motifs is 7. The average molecular weight is 694 g/mol. The highest BCUT2D eigenvalue weighted by Crippen LogP contribution is 2.41. The summed E-state index contributed by atoms with van der Waals surface area (Å²) in [4.78, 5) is 10.3. The Morgan fingerprint density at radius 3 is 1.78 bits per heavy atom. The van der Waals surface area contributed by atoms with E-state index >= 15 is 0 Å². The van der Waals surface area contributed by atoms with Crippen molar-refractivity contribution in [3.05, 3.63) is 193 Å². The van der Waals surface area contributed by atoms with E-state index in [0.717, 1.165) is 88.5 Å². The van der Waals surface area contributed by atoms with Crippen molar-refractivity contribution >= 4 is 66.3 Å². The maximum Gasteiger partial charge on any atom is 0.159 e. The molecule has 54 heavy (non-hydrogen) atoms. The summed E-state index contributed by atoms with van der Waals surface area (Å²) in [7, 11) is 0. The molecule has 10 aromatic rings. The lowest BCUT2D eigenvalue weighted by Crippen LogP contribution is -2.33. The fraction of sp³-hybridized carbons (Fsp3) is 0.0204. The fourth-order valence-corrected chi connectivity index (χ4v) is 7.90. The molecule has 1 aliphatic heterocycles. The zero-order valence-corrected chi connectivity index (χ0v) is 29.0. The maximum atomic E-state index is 6.58. The zero-order valence-electron chi connectivity index (χ0n) is 29.0. The largest absolute Gasteiger partial charge is 0.456 e. The van der Waals surface area contributed by atoms with Crippen molar-refractivity contribution < 1.29 is 8.83 Å². The van der Waals surface area contributed by atoms with Crippen LogP contribution in [0.5, 0.6) is 0 Å². The Kier molecular flexibility index (Phi) is 6.85. The van der Waals surface area contributed by atoms with Crippen LogP contribution in [0, 0.1) is 0 Å². The normalized spacial score (nSPS) is 14.5. The molecule has 0 saturated carbocycles. The summed E-state index contributed by atoms with van der Waals surface area (Å²) >= 11 is 0. The van der Waals surface area contributed by atoms with Crippen molar-refractivity contribution in [3.8, 4) is 22.3 Å². The molecule has 5 heteroatoms. The Labute approximate surface area is 310 Å². The van der Waals surface area contributed by atoms with Gasteiger partial charge in [-0.3, -0.25) is 0 Å². The van der Waals surface area contributed by atoms with E-state index in [1.165, 1.54) is 10.9 Å². The minimum absolute atomic E-state index is 0.349. The number of hydrogen-bond acceptors (Lipinski definition) is 5. The molecule has 0 fully saturated rings. The van der Waals surface area contributed by atoms with Gasteiger partial charge in [0.05, 0.1) is 0 Å². The van der Waals surface area contributed by atoms with Crippen LogP contribution in [0.4, 0.5) is 0 Å². The second-order valence-electron chi connectivity index (χ2n) is 13.8. The van der Waals surface area contributed by atoms with Crippen LogP contribution >= 0.6 is 0 Å². The molecule has 0 saturated heterocycles. The highest BCUT2D eigenvalue weighted by atomic mass is 16.3. The van der Waals surface area contributed by atoms with Gasteiger partial charge in [-0.05, 0) is 75.0 Å². The second-order valence-corrected chi connectivity index (χ2v) is 13.8. The number of nitrogens with zero attached hydrogens (tertiary/aromatic N) is 2. The van der Waals surface area contributed by atoms with Gasteiger partial charge >= 0.3 is 0 Å². The van der Waals surface area contributed by atoms with E-state index in [0.29, 0.717) is 5.84 Å². The van der Waals surface area contributed by atoms with Gasteiger partial charge in [0.2, 0.25) is 0 Å². The van der Waals surface area contributed by atoms with Crippen LogP contribution < -0.4 is 5.32 Å². The molecule has 2 aromatic heterocycles. The molecule has 1 N–H and O–H groups in total. The predicted octanol–water partition coefficient (Wildman–Crippen LogP) is 12.5. The van der Waals surface area contributed by atoms with Crippen LogP contribution in [-0.2, 0) is 0 Å². The van der Waals surface area contributed by atoms with Crippen molar-refractivity contribution in [2.75, 3.05) is 0 Å². The van der Waals surface area contributed by atoms with Crippen molar-refractivity contribution in [1.82, 2.24) is 5.32 Å². The SMILES string of the molecule is c1ccc(C2=NC(c3ccc(-c4ccccc4)cc3)NC(c3cccc4oc5cccc(-c6ccc7oc8cc9ccccc9cc8c7c6)c5c34)=N2)cc1. The second kappa shape index (κ2) is 12.2. The van der Waals surface area contributed by atoms with Gasteiger partial charge < -0.3 is 14.2 Å². The van der Waals surface area contributed by atoms with Crippen molar-refractivity contribution in [3.63, 3.8) is 0 Å². The molecule has 254 valence electrons. The lowest BCUT2D eigenvalue weighted by molar-refractivity contribution is 0.668. The number of hydrogen-bond donors (Lipinski definition) is 1. The Hall–Kier alpha value is -7.24. The average Bonchev–Trinajstić information content (AvgIpc) is 3.81. The predicted molar refractivity (Wildman–Crippen MR) is 221 cm³/mol. The number of nitrogens with one attached hydrogen (secondary N) is 1. The molecule has 0 radical (unpaired) electrons. The van der Waals surface area contributed by atoms with Crippen molar-refractivity contribution in [2.24, 2.45) is 9.98 Å². The van der Waals surface area contributed by atoms with E-state index in [2.05, 4.69) is 139 Å². The summed E-state index contributed by atoms with van der Waals surface area (Å²) < 4.78 is 12.9. The standard InChI is InChI=1S/C49H31N3O2/c1-3-11-30(12-4-1)31-21-23-33(24-22-31)48-50-47(32-13-5-2-6-14-32)51-49(52-48)38-18-10-20-43-46(38)45-37(17-9-19-42(45)54-43)36-25-26-41-39(28-36)40-27-34-15-7-8-16-35(34)29-44(40)53-41/h1-29,48H,(H,50,51,52). The van der Waals surface area contributed by atoms with Crippen LogP contribution in [0.3, 0.4) is 0 Å². The Balaban J connectivity index is 1.06. The van der Waals surface area contributed by atoms with Crippen molar-refractivity contribution in [2.45, 2.75) is 6.17 Å². The molecule has 1 atom stereocenters. The molecule has 1 aliphatic rings. The third-order valence-electron chi connectivity index (χ3n) is 10.5. The summed E-state index contributed by atoms with van der Waals surface area (Å²) in [6.07, 6.45) is -0.349. The summed E-state index contributed by atoms with van der Waals surface area (Å²) in [5.41, 5.74) is 10.8. The third kappa shape index (κ3) is 5.01. The fourth-order valence-electron chi connectivity index (χ4n) is 7.90. The van der Waals surface area contributed by atoms with Gasteiger partial charge in [0.15, 0.2) is 5.84 Å². The van der Waals surface area contributed by atoms with E-state index in [9.17, 15) is 0 Å². The van der Waals surface area contributed by atoms with E-state index < -0.39 is 0 Å². The van der Waals surface area contributed by atoms with E-state index in [-0.39, 0.29) is 6.17 Å². The quantitative estimate of drug-likeness (QED) is 0.195. The summed E-state index contributed by atoms with van der Waals surface area (Å²) in [5.74, 6) is 1.42. The first-order chi connectivity index (χ1) is 26.7. The first-order valence-electron chi connectivity index (χ1n) is 18.2. The van der Waals surface area contributed by atoms with Crippen LogP contribution in [0.25, 0.3) is 76.9 Å². The van der Waals surface area contributed by atoms with Gasteiger partial charge in [-0.25, -0.2) is 9.98 Å². The van der Waals surface area contributed by atoms with Crippen LogP contribution in [0.1, 0.15) is 22.9 Å². The van der Waals surface area contributed by atoms with Crippen LogP contribution in [0.15, 0.2) is 195 Å². The van der Waals surface area contributed by atoms with E-state index in [1.807, 2.05) is 42.5 Å². The van der Waals surface area contributed by atoms with Crippen LogP contribution in [-0.4, -0.2) is 11.7 Å². The number of amidine groups is 2. The molecular formula is C49H31N3O2. The minimum atomic E-state index is -0.349. The van der Waals surface area contributed by atoms with Gasteiger partial charge in [-0.15, -0.1) is 0 Å². The first kappa shape index (κ1) is 30.4. The molecule has 8 aromatic carbocycles. The molecular weight excluding hydrogens is 663 g/mol. The highest BCUT2D eigenvalue weighted by molar-refractivity contribution is 6.24.